The maximum absolute atomic E-state index is 11.3. The number of sulfonamides is 1. The van der Waals surface area contributed by atoms with Crippen molar-refractivity contribution in [1.29, 1.82) is 0 Å². The van der Waals surface area contributed by atoms with Gasteiger partial charge in [0.2, 0.25) is 10.0 Å². The highest BCUT2D eigenvalue weighted by Gasteiger charge is 2.08. The summed E-state index contributed by atoms with van der Waals surface area (Å²) in [6.07, 6.45) is 4.80. The van der Waals surface area contributed by atoms with E-state index in [2.05, 4.69) is 21.8 Å². The summed E-state index contributed by atoms with van der Waals surface area (Å²) >= 11 is 0. The van der Waals surface area contributed by atoms with E-state index in [0.717, 1.165) is 24.4 Å². The molecule has 0 aliphatic heterocycles. The van der Waals surface area contributed by atoms with Gasteiger partial charge in [-0.3, -0.25) is 0 Å². The van der Waals surface area contributed by atoms with Gasteiger partial charge in [0, 0.05) is 25.5 Å². The first-order valence-corrected chi connectivity index (χ1v) is 8.38. The van der Waals surface area contributed by atoms with Crippen molar-refractivity contribution in [2.75, 3.05) is 0 Å². The van der Waals surface area contributed by atoms with Crippen molar-refractivity contribution < 1.29 is 8.42 Å². The van der Waals surface area contributed by atoms with Crippen molar-refractivity contribution in [2.45, 2.75) is 37.9 Å². The van der Waals surface area contributed by atoms with Crippen LogP contribution in [0.4, 0.5) is 0 Å². The van der Waals surface area contributed by atoms with Crippen LogP contribution in [0.1, 0.15) is 24.7 Å². The van der Waals surface area contributed by atoms with Gasteiger partial charge in [0.15, 0.2) is 0 Å². The van der Waals surface area contributed by atoms with E-state index in [0.29, 0.717) is 13.1 Å². The number of primary sulfonamides is 1. The number of nitrogens with two attached hydrogens (primary N) is 1. The molecule has 2 rings (SSSR count). The van der Waals surface area contributed by atoms with Crippen LogP contribution >= 0.6 is 0 Å². The third kappa shape index (κ3) is 4.38. The quantitative estimate of drug-likeness (QED) is 0.805. The lowest BCUT2D eigenvalue weighted by molar-refractivity contribution is 0.587. The van der Waals surface area contributed by atoms with Crippen molar-refractivity contribution in [3.05, 3.63) is 48.0 Å². The molecule has 1 aromatic carbocycles. The number of hydrogen-bond acceptors (Lipinski definition) is 4. The first kappa shape index (κ1) is 15.7. The van der Waals surface area contributed by atoms with Gasteiger partial charge in [0.05, 0.1) is 11.4 Å². The minimum Gasteiger partial charge on any atom is -0.334 e. The molecule has 0 spiro atoms. The molecule has 0 saturated heterocycles. The summed E-state index contributed by atoms with van der Waals surface area (Å²) in [5, 5.41) is 8.39. The van der Waals surface area contributed by atoms with Crippen molar-refractivity contribution >= 4 is 10.0 Å². The number of nitrogens with one attached hydrogen (secondary N) is 1. The molecular weight excluding hydrogens is 288 g/mol. The molecule has 2 aromatic rings. The number of nitrogens with zero attached hydrogens (tertiary/aromatic N) is 2. The lowest BCUT2D eigenvalue weighted by Gasteiger charge is -2.08. The topological polar surface area (TPSA) is 90.0 Å². The summed E-state index contributed by atoms with van der Waals surface area (Å²) in [4.78, 5) is 4.44. The lowest BCUT2D eigenvalue weighted by atomic mass is 10.2. The lowest BCUT2D eigenvalue weighted by Crippen LogP contribution is -2.17. The van der Waals surface area contributed by atoms with Crippen LogP contribution in [0.3, 0.4) is 0 Å². The van der Waals surface area contributed by atoms with Gasteiger partial charge in [-0.2, -0.15) is 0 Å². The van der Waals surface area contributed by atoms with Crippen LogP contribution in [-0.4, -0.2) is 18.0 Å². The molecule has 0 aliphatic carbocycles. The SMILES string of the molecule is CCCn1ccnc1CNCc1cccc(S(N)(=O)=O)c1. The highest BCUT2D eigenvalue weighted by molar-refractivity contribution is 7.89. The molecule has 1 aromatic heterocycles. The first-order chi connectivity index (χ1) is 10.0. The third-order valence-electron chi connectivity index (χ3n) is 3.11. The molecule has 0 bridgehead atoms. The van der Waals surface area contributed by atoms with Crippen molar-refractivity contribution in [3.8, 4) is 0 Å². The van der Waals surface area contributed by atoms with E-state index in [4.69, 9.17) is 5.14 Å². The molecule has 0 radical (unpaired) electrons. The zero-order valence-electron chi connectivity index (χ0n) is 12.0. The normalized spacial score (nSPS) is 11.7. The van der Waals surface area contributed by atoms with E-state index in [-0.39, 0.29) is 4.90 Å². The molecule has 21 heavy (non-hydrogen) atoms. The Labute approximate surface area is 125 Å². The molecule has 0 fully saturated rings. The van der Waals surface area contributed by atoms with E-state index in [1.807, 2.05) is 12.3 Å². The minimum atomic E-state index is -3.65. The average molecular weight is 308 g/mol. The highest BCUT2D eigenvalue weighted by Crippen LogP contribution is 2.09. The van der Waals surface area contributed by atoms with Gasteiger partial charge < -0.3 is 9.88 Å². The Morgan fingerprint density at radius 1 is 1.33 bits per heavy atom. The Kier molecular flexibility index (Phi) is 5.11. The maximum atomic E-state index is 11.3. The monoisotopic (exact) mass is 308 g/mol. The molecule has 1 heterocycles. The molecule has 0 atom stereocenters. The van der Waals surface area contributed by atoms with Crippen LogP contribution in [0.25, 0.3) is 0 Å². The molecule has 0 saturated carbocycles. The Morgan fingerprint density at radius 2 is 2.14 bits per heavy atom. The first-order valence-electron chi connectivity index (χ1n) is 6.83. The Bertz CT molecular complexity index is 695. The second kappa shape index (κ2) is 6.84. The van der Waals surface area contributed by atoms with Gasteiger partial charge in [-0.05, 0) is 24.1 Å². The molecular formula is C14H20N4O2S. The zero-order valence-corrected chi connectivity index (χ0v) is 12.8. The van der Waals surface area contributed by atoms with Gasteiger partial charge >= 0.3 is 0 Å². The summed E-state index contributed by atoms with van der Waals surface area (Å²) in [6.45, 7) is 4.25. The number of benzene rings is 1. The standard InChI is InChI=1S/C14H20N4O2S/c1-2-7-18-8-6-17-14(18)11-16-10-12-4-3-5-13(9-12)21(15,19)20/h3-6,8-9,16H,2,7,10-11H2,1H3,(H2,15,19,20). The fourth-order valence-electron chi connectivity index (χ4n) is 2.10. The fourth-order valence-corrected chi connectivity index (χ4v) is 2.69. The predicted octanol–water partition coefficient (Wildman–Crippen LogP) is 1.23. The Morgan fingerprint density at radius 3 is 2.86 bits per heavy atom. The van der Waals surface area contributed by atoms with Crippen molar-refractivity contribution in [2.24, 2.45) is 5.14 Å². The smallest absolute Gasteiger partial charge is 0.238 e. The van der Waals surface area contributed by atoms with E-state index in [1.165, 1.54) is 6.07 Å². The van der Waals surface area contributed by atoms with E-state index < -0.39 is 10.0 Å². The molecule has 3 N–H and O–H groups in total. The van der Waals surface area contributed by atoms with E-state index >= 15 is 0 Å². The highest BCUT2D eigenvalue weighted by atomic mass is 32.2. The summed E-state index contributed by atoms with van der Waals surface area (Å²) in [5.41, 5.74) is 0.870. The fraction of sp³-hybridized carbons (Fsp3) is 0.357. The van der Waals surface area contributed by atoms with Crippen LogP contribution < -0.4 is 10.5 Å². The number of imidazole rings is 1. The zero-order chi connectivity index (χ0) is 15.3. The summed E-state index contributed by atoms with van der Waals surface area (Å²) in [6, 6.07) is 6.63. The number of aromatic nitrogens is 2. The van der Waals surface area contributed by atoms with E-state index in [1.54, 1.807) is 18.3 Å². The maximum Gasteiger partial charge on any atom is 0.238 e. The van der Waals surface area contributed by atoms with Crippen LogP contribution in [-0.2, 0) is 29.7 Å². The Hall–Kier alpha value is -1.70. The second-order valence-corrected chi connectivity index (χ2v) is 6.39. The van der Waals surface area contributed by atoms with Crippen molar-refractivity contribution in [1.82, 2.24) is 14.9 Å². The molecule has 0 unspecified atom stereocenters. The molecule has 6 nitrogen and oxygen atoms in total. The number of rotatable bonds is 7. The van der Waals surface area contributed by atoms with Gasteiger partial charge in [0.25, 0.3) is 0 Å². The molecule has 114 valence electrons. The van der Waals surface area contributed by atoms with Gasteiger partial charge in [0.1, 0.15) is 5.82 Å². The molecule has 0 amide bonds. The number of aryl methyl sites for hydroxylation is 1. The number of hydrogen-bond donors (Lipinski definition) is 2. The molecule has 7 heteroatoms. The van der Waals surface area contributed by atoms with Crippen molar-refractivity contribution in [3.63, 3.8) is 0 Å². The van der Waals surface area contributed by atoms with Gasteiger partial charge in [-0.15, -0.1) is 0 Å². The minimum absolute atomic E-state index is 0.134. The van der Waals surface area contributed by atoms with Gasteiger partial charge in [-0.1, -0.05) is 19.1 Å². The predicted molar refractivity (Wildman–Crippen MR) is 80.9 cm³/mol. The summed E-state index contributed by atoms with van der Waals surface area (Å²) < 4.78 is 24.7. The summed E-state index contributed by atoms with van der Waals surface area (Å²) in [7, 11) is -3.65. The van der Waals surface area contributed by atoms with Crippen LogP contribution in [0.5, 0.6) is 0 Å². The van der Waals surface area contributed by atoms with Crippen LogP contribution in [0, 0.1) is 0 Å². The van der Waals surface area contributed by atoms with Gasteiger partial charge in [-0.25, -0.2) is 18.5 Å². The van der Waals surface area contributed by atoms with E-state index in [9.17, 15) is 8.42 Å². The van der Waals surface area contributed by atoms with Crippen LogP contribution in [0.15, 0.2) is 41.6 Å². The van der Waals surface area contributed by atoms with Crippen LogP contribution in [0.2, 0.25) is 0 Å². The molecule has 0 aliphatic rings. The Balaban J connectivity index is 1.96. The second-order valence-electron chi connectivity index (χ2n) is 4.83. The average Bonchev–Trinajstić information content (AvgIpc) is 2.86. The largest absolute Gasteiger partial charge is 0.334 e. The third-order valence-corrected chi connectivity index (χ3v) is 4.02. The summed E-state index contributed by atoms with van der Waals surface area (Å²) in [5.74, 6) is 0.972.